The third-order valence-corrected chi connectivity index (χ3v) is 4.89. The van der Waals surface area contributed by atoms with Crippen LogP contribution in [0.2, 0.25) is 0 Å². The molecule has 0 radical (unpaired) electrons. The molecule has 0 bridgehead atoms. The van der Waals surface area contributed by atoms with Gasteiger partial charge >= 0.3 is 0 Å². The quantitative estimate of drug-likeness (QED) is 0.505. The highest BCUT2D eigenvalue weighted by Crippen LogP contribution is 2.40. The molecule has 0 aliphatic carbocycles. The molecule has 0 saturated heterocycles. The topological polar surface area (TPSA) is 15.4 Å². The van der Waals surface area contributed by atoms with E-state index in [1.807, 2.05) is 30.3 Å². The Morgan fingerprint density at radius 1 is 1.08 bits per heavy atom. The Labute approximate surface area is 145 Å². The number of hydrogen-bond donors (Lipinski definition) is 0. The second-order valence-corrected chi connectivity index (χ2v) is 7.10. The van der Waals surface area contributed by atoms with Crippen LogP contribution in [0.1, 0.15) is 44.7 Å². The first-order valence-electron chi connectivity index (χ1n) is 8.86. The number of rotatable bonds is 5. The van der Waals surface area contributed by atoms with Crippen LogP contribution in [0, 0.1) is 6.92 Å². The van der Waals surface area contributed by atoms with E-state index in [1.165, 1.54) is 22.5 Å². The lowest BCUT2D eigenvalue weighted by Crippen LogP contribution is -2.30. The van der Waals surface area contributed by atoms with Gasteiger partial charge in [0.25, 0.3) is 0 Å². The number of benzene rings is 2. The Bertz CT molecular complexity index is 783. The SMILES string of the molecule is CCC[N+]1=C(CC=Nc2ccccc2)C(C)(C)c2cc(C)ccc21. The number of fused-ring (bicyclic) bond motifs is 1. The maximum Gasteiger partial charge on any atom is 0.209 e. The van der Waals surface area contributed by atoms with Crippen molar-refractivity contribution >= 4 is 23.3 Å². The Morgan fingerprint density at radius 3 is 2.54 bits per heavy atom. The number of aliphatic imine (C=N–C) groups is 1. The molecule has 0 atom stereocenters. The van der Waals surface area contributed by atoms with Gasteiger partial charge in [0.05, 0.1) is 17.5 Å². The minimum Gasteiger partial charge on any atom is -0.261 e. The molecular weight excluding hydrogens is 292 g/mol. The predicted molar refractivity (Wildman–Crippen MR) is 104 cm³/mol. The summed E-state index contributed by atoms with van der Waals surface area (Å²) in [5.74, 6) is 0. The molecule has 2 heteroatoms. The zero-order valence-electron chi connectivity index (χ0n) is 15.2. The van der Waals surface area contributed by atoms with Gasteiger partial charge < -0.3 is 0 Å². The number of nitrogens with zero attached hydrogens (tertiary/aromatic N) is 2. The fourth-order valence-corrected chi connectivity index (χ4v) is 3.62. The molecule has 2 nitrogen and oxygen atoms in total. The fraction of sp³-hybridized carbons (Fsp3) is 0.364. The van der Waals surface area contributed by atoms with Gasteiger partial charge in [-0.05, 0) is 39.0 Å². The number of aryl methyl sites for hydroxylation is 1. The lowest BCUT2D eigenvalue weighted by molar-refractivity contribution is -0.439. The van der Waals surface area contributed by atoms with Crippen LogP contribution in [0.3, 0.4) is 0 Å². The molecule has 2 aromatic rings. The fourth-order valence-electron chi connectivity index (χ4n) is 3.62. The Balaban J connectivity index is 1.95. The van der Waals surface area contributed by atoms with Crippen molar-refractivity contribution in [2.45, 2.75) is 46.0 Å². The molecule has 1 aliphatic rings. The van der Waals surface area contributed by atoms with Crippen LogP contribution in [0.25, 0.3) is 0 Å². The third-order valence-electron chi connectivity index (χ3n) is 4.89. The maximum atomic E-state index is 4.64. The van der Waals surface area contributed by atoms with E-state index in [4.69, 9.17) is 0 Å². The van der Waals surface area contributed by atoms with E-state index in [2.05, 4.69) is 61.7 Å². The van der Waals surface area contributed by atoms with Crippen LogP contribution < -0.4 is 0 Å². The van der Waals surface area contributed by atoms with E-state index in [-0.39, 0.29) is 5.41 Å². The molecule has 0 amide bonds. The lowest BCUT2D eigenvalue weighted by Gasteiger charge is -2.17. The highest BCUT2D eigenvalue weighted by molar-refractivity contribution is 6.02. The van der Waals surface area contributed by atoms with Crippen molar-refractivity contribution in [3.8, 4) is 0 Å². The van der Waals surface area contributed by atoms with Gasteiger partial charge in [0.1, 0.15) is 6.54 Å². The average Bonchev–Trinajstić information content (AvgIpc) is 2.77. The number of hydrogen-bond acceptors (Lipinski definition) is 1. The molecule has 1 aliphatic heterocycles. The summed E-state index contributed by atoms with van der Waals surface area (Å²) >= 11 is 0. The van der Waals surface area contributed by atoms with Crippen LogP contribution in [0.5, 0.6) is 0 Å². The van der Waals surface area contributed by atoms with Gasteiger partial charge in [-0.15, -0.1) is 0 Å². The van der Waals surface area contributed by atoms with Gasteiger partial charge in [-0.2, -0.15) is 4.58 Å². The van der Waals surface area contributed by atoms with E-state index in [1.54, 1.807) is 0 Å². The van der Waals surface area contributed by atoms with Gasteiger partial charge in [0.15, 0.2) is 5.71 Å². The summed E-state index contributed by atoms with van der Waals surface area (Å²) in [5.41, 5.74) is 6.67. The van der Waals surface area contributed by atoms with E-state index < -0.39 is 0 Å². The molecular formula is C22H27N2+. The molecule has 0 aromatic heterocycles. The van der Waals surface area contributed by atoms with Gasteiger partial charge in [0, 0.05) is 24.3 Å². The van der Waals surface area contributed by atoms with Crippen LogP contribution in [-0.2, 0) is 5.41 Å². The van der Waals surface area contributed by atoms with Crippen molar-refractivity contribution in [3.05, 3.63) is 59.7 Å². The molecule has 2 aromatic carbocycles. The summed E-state index contributed by atoms with van der Waals surface area (Å²) in [4.78, 5) is 4.64. The van der Waals surface area contributed by atoms with Crippen molar-refractivity contribution in [2.75, 3.05) is 6.54 Å². The first-order chi connectivity index (χ1) is 11.5. The normalized spacial score (nSPS) is 16.0. The van der Waals surface area contributed by atoms with Gasteiger partial charge in [0.2, 0.25) is 5.69 Å². The second-order valence-electron chi connectivity index (χ2n) is 7.10. The lowest BCUT2D eigenvalue weighted by atomic mass is 9.80. The van der Waals surface area contributed by atoms with Crippen molar-refractivity contribution in [2.24, 2.45) is 4.99 Å². The van der Waals surface area contributed by atoms with Crippen molar-refractivity contribution < 1.29 is 4.58 Å². The molecule has 124 valence electrons. The molecule has 1 heterocycles. The minimum atomic E-state index is 0.0548. The molecule has 0 N–H and O–H groups in total. The van der Waals surface area contributed by atoms with Crippen molar-refractivity contribution in [1.82, 2.24) is 0 Å². The number of para-hydroxylation sites is 1. The monoisotopic (exact) mass is 319 g/mol. The molecule has 0 fully saturated rings. The molecule has 24 heavy (non-hydrogen) atoms. The smallest absolute Gasteiger partial charge is 0.209 e. The molecule has 0 saturated carbocycles. The second kappa shape index (κ2) is 6.72. The third kappa shape index (κ3) is 3.06. The summed E-state index contributed by atoms with van der Waals surface area (Å²) in [7, 11) is 0. The average molecular weight is 319 g/mol. The van der Waals surface area contributed by atoms with E-state index in [9.17, 15) is 0 Å². The highest BCUT2D eigenvalue weighted by atomic mass is 15.1. The van der Waals surface area contributed by atoms with Crippen LogP contribution in [0.15, 0.2) is 53.5 Å². The zero-order valence-corrected chi connectivity index (χ0v) is 15.2. The first-order valence-corrected chi connectivity index (χ1v) is 8.86. The van der Waals surface area contributed by atoms with Gasteiger partial charge in [-0.1, -0.05) is 36.8 Å². The maximum absolute atomic E-state index is 4.64. The molecule has 0 spiro atoms. The van der Waals surface area contributed by atoms with E-state index in [0.717, 1.165) is 25.1 Å². The predicted octanol–water partition coefficient (Wildman–Crippen LogP) is 5.57. The zero-order chi connectivity index (χ0) is 17.2. The van der Waals surface area contributed by atoms with Crippen molar-refractivity contribution in [3.63, 3.8) is 0 Å². The van der Waals surface area contributed by atoms with E-state index >= 15 is 0 Å². The molecule has 3 rings (SSSR count). The minimum absolute atomic E-state index is 0.0548. The van der Waals surface area contributed by atoms with Crippen molar-refractivity contribution in [1.29, 1.82) is 0 Å². The summed E-state index contributed by atoms with van der Waals surface area (Å²) in [5, 5.41) is 0. The first kappa shape index (κ1) is 16.6. The van der Waals surface area contributed by atoms with Gasteiger partial charge in [-0.25, -0.2) is 0 Å². The summed E-state index contributed by atoms with van der Waals surface area (Å²) in [6.07, 6.45) is 4.09. The standard InChI is InChI=1S/C22H27N2/c1-5-15-24-20-12-11-17(2)16-19(20)22(3,4)21(24)13-14-23-18-9-7-6-8-10-18/h6-12,14,16H,5,13,15H2,1-4H3/q+1. The van der Waals surface area contributed by atoms with E-state index in [0.29, 0.717) is 0 Å². The largest absolute Gasteiger partial charge is 0.261 e. The highest BCUT2D eigenvalue weighted by Gasteiger charge is 2.44. The van der Waals surface area contributed by atoms with Crippen LogP contribution in [-0.4, -0.2) is 23.0 Å². The van der Waals surface area contributed by atoms with Crippen LogP contribution in [0.4, 0.5) is 11.4 Å². The van der Waals surface area contributed by atoms with Crippen LogP contribution >= 0.6 is 0 Å². The summed E-state index contributed by atoms with van der Waals surface area (Å²) < 4.78 is 2.51. The molecule has 0 unspecified atom stereocenters. The Kier molecular flexibility index (Phi) is 4.66. The summed E-state index contributed by atoms with van der Waals surface area (Å²) in [6, 6.07) is 17.0. The summed E-state index contributed by atoms with van der Waals surface area (Å²) in [6.45, 7) is 10.2. The Hall–Kier alpha value is -2.22. The Morgan fingerprint density at radius 2 is 1.83 bits per heavy atom. The van der Waals surface area contributed by atoms with Gasteiger partial charge in [-0.3, -0.25) is 4.99 Å².